The van der Waals surface area contributed by atoms with E-state index >= 15 is 0 Å². The molecule has 0 unspecified atom stereocenters. The number of ether oxygens (including phenoxy) is 2. The minimum absolute atomic E-state index is 0.270. The van der Waals surface area contributed by atoms with Crippen LogP contribution in [0.4, 0.5) is 5.69 Å². The van der Waals surface area contributed by atoms with E-state index in [1.54, 1.807) is 6.07 Å². The molecule has 7 nitrogen and oxygen atoms in total. The van der Waals surface area contributed by atoms with Gasteiger partial charge in [-0.25, -0.2) is 9.97 Å². The summed E-state index contributed by atoms with van der Waals surface area (Å²) >= 11 is 0. The summed E-state index contributed by atoms with van der Waals surface area (Å²) in [6.07, 6.45) is 5.83. The van der Waals surface area contributed by atoms with Gasteiger partial charge in [-0.2, -0.15) is 0 Å². The van der Waals surface area contributed by atoms with Crippen molar-refractivity contribution in [3.63, 3.8) is 0 Å². The highest BCUT2D eigenvalue weighted by Crippen LogP contribution is 2.30. The fraction of sp³-hybridized carbons (Fsp3) is 0.381. The molecule has 0 saturated carbocycles. The van der Waals surface area contributed by atoms with Crippen molar-refractivity contribution in [1.82, 2.24) is 14.4 Å². The number of rotatable bonds is 5. The van der Waals surface area contributed by atoms with Crippen LogP contribution in [-0.2, 0) is 4.74 Å². The molecule has 1 saturated heterocycles. The van der Waals surface area contributed by atoms with Crippen LogP contribution in [0.5, 0.6) is 5.75 Å². The number of imidazole rings is 1. The van der Waals surface area contributed by atoms with Gasteiger partial charge in [0.15, 0.2) is 0 Å². The molecule has 0 aliphatic carbocycles. The lowest BCUT2D eigenvalue weighted by Crippen LogP contribution is -2.15. The molecule has 0 radical (unpaired) electrons. The Kier molecular flexibility index (Phi) is 5.25. The van der Waals surface area contributed by atoms with Crippen LogP contribution < -0.4 is 10.1 Å². The second-order valence-electron chi connectivity index (χ2n) is 6.92. The minimum Gasteiger partial charge on any atom is -0.491 e. The zero-order valence-corrected chi connectivity index (χ0v) is 16.1. The van der Waals surface area contributed by atoms with Gasteiger partial charge in [-0.15, -0.1) is 0 Å². The molecule has 0 aromatic carbocycles. The summed E-state index contributed by atoms with van der Waals surface area (Å²) in [5.74, 6) is 0.729. The number of amides is 1. The molecule has 0 spiro atoms. The predicted octanol–water partition coefficient (Wildman–Crippen LogP) is 3.58. The fourth-order valence-corrected chi connectivity index (χ4v) is 3.45. The highest BCUT2D eigenvalue weighted by atomic mass is 16.5. The number of hydrogen-bond acceptors (Lipinski definition) is 5. The van der Waals surface area contributed by atoms with E-state index in [0.717, 1.165) is 43.1 Å². The van der Waals surface area contributed by atoms with Gasteiger partial charge in [-0.05, 0) is 38.8 Å². The number of carbonyl (C=O) groups excluding carboxylic acids is 1. The first kappa shape index (κ1) is 18.4. The van der Waals surface area contributed by atoms with Crippen LogP contribution in [0.3, 0.4) is 0 Å². The van der Waals surface area contributed by atoms with E-state index in [1.165, 1.54) is 0 Å². The van der Waals surface area contributed by atoms with Crippen LogP contribution in [0.1, 0.15) is 47.6 Å². The smallest absolute Gasteiger partial charge is 0.274 e. The summed E-state index contributed by atoms with van der Waals surface area (Å²) in [7, 11) is 0. The summed E-state index contributed by atoms with van der Waals surface area (Å²) in [4.78, 5) is 21.7. The van der Waals surface area contributed by atoms with Gasteiger partial charge in [-0.1, -0.05) is 6.07 Å². The highest BCUT2D eigenvalue weighted by Gasteiger charge is 2.20. The number of fused-ring (bicyclic) bond motifs is 1. The largest absolute Gasteiger partial charge is 0.491 e. The number of nitrogens with one attached hydrogen (secondary N) is 1. The third-order valence-electron chi connectivity index (χ3n) is 4.88. The minimum atomic E-state index is -0.270. The van der Waals surface area contributed by atoms with Crippen molar-refractivity contribution in [2.45, 2.75) is 32.6 Å². The summed E-state index contributed by atoms with van der Waals surface area (Å²) in [5.41, 5.74) is 3.62. The van der Waals surface area contributed by atoms with Gasteiger partial charge in [0.1, 0.15) is 22.8 Å². The van der Waals surface area contributed by atoms with Crippen molar-refractivity contribution in [1.29, 1.82) is 0 Å². The van der Waals surface area contributed by atoms with Crippen molar-refractivity contribution in [3.05, 3.63) is 53.7 Å². The molecule has 3 aromatic heterocycles. The standard InChI is InChI=1S/C21H24N4O3/c1-3-28-19-11-20-23-17(15-7-9-27-10-8-15)12-25(20)13-18(19)24-21(26)16-6-4-5-14(2)22-16/h4-6,11-13,15H,3,7-10H2,1-2H3,(H,24,26). The number of hydrogen-bond donors (Lipinski definition) is 1. The Hall–Kier alpha value is -2.93. The molecule has 4 rings (SSSR count). The number of carbonyl (C=O) groups is 1. The van der Waals surface area contributed by atoms with Gasteiger partial charge in [0.05, 0.1) is 12.3 Å². The van der Waals surface area contributed by atoms with Crippen LogP contribution in [-0.4, -0.2) is 40.1 Å². The van der Waals surface area contributed by atoms with Crippen LogP contribution in [0, 0.1) is 6.92 Å². The molecule has 1 amide bonds. The maximum absolute atomic E-state index is 12.6. The van der Waals surface area contributed by atoms with Gasteiger partial charge < -0.3 is 19.2 Å². The van der Waals surface area contributed by atoms with Gasteiger partial charge in [0, 0.05) is 43.3 Å². The maximum Gasteiger partial charge on any atom is 0.274 e. The molecular weight excluding hydrogens is 356 g/mol. The molecule has 1 fully saturated rings. The first-order valence-corrected chi connectivity index (χ1v) is 9.62. The van der Waals surface area contributed by atoms with Crippen LogP contribution in [0.15, 0.2) is 36.7 Å². The average molecular weight is 380 g/mol. The molecule has 1 aliphatic rings. The Labute approximate surface area is 163 Å². The maximum atomic E-state index is 12.6. The quantitative estimate of drug-likeness (QED) is 0.732. The second-order valence-corrected chi connectivity index (χ2v) is 6.92. The van der Waals surface area contributed by atoms with E-state index in [4.69, 9.17) is 14.5 Å². The third kappa shape index (κ3) is 3.84. The van der Waals surface area contributed by atoms with Gasteiger partial charge in [0.2, 0.25) is 0 Å². The zero-order chi connectivity index (χ0) is 19.5. The summed E-state index contributed by atoms with van der Waals surface area (Å²) in [5, 5.41) is 2.92. The molecule has 1 N–H and O–H groups in total. The molecule has 28 heavy (non-hydrogen) atoms. The Morgan fingerprint density at radius 3 is 2.86 bits per heavy atom. The first-order chi connectivity index (χ1) is 13.6. The summed E-state index contributed by atoms with van der Waals surface area (Å²) in [6.45, 7) is 5.81. The number of pyridine rings is 2. The lowest BCUT2D eigenvalue weighted by molar-refractivity contribution is 0.0846. The fourth-order valence-electron chi connectivity index (χ4n) is 3.45. The van der Waals surface area contributed by atoms with Crippen LogP contribution in [0.2, 0.25) is 0 Å². The van der Waals surface area contributed by atoms with E-state index in [2.05, 4.69) is 10.3 Å². The number of aromatic nitrogens is 3. The van der Waals surface area contributed by atoms with Crippen molar-refractivity contribution in [3.8, 4) is 5.75 Å². The molecule has 3 aromatic rings. The SMILES string of the molecule is CCOc1cc2nc(C3CCOCC3)cn2cc1NC(=O)c1cccc(C)n1. The summed E-state index contributed by atoms with van der Waals surface area (Å²) in [6, 6.07) is 7.24. The van der Waals surface area contributed by atoms with E-state index in [-0.39, 0.29) is 5.91 Å². The van der Waals surface area contributed by atoms with E-state index < -0.39 is 0 Å². The van der Waals surface area contributed by atoms with Crippen LogP contribution >= 0.6 is 0 Å². The molecule has 4 heterocycles. The summed E-state index contributed by atoms with van der Waals surface area (Å²) < 4.78 is 13.1. The Morgan fingerprint density at radius 2 is 2.11 bits per heavy atom. The Morgan fingerprint density at radius 1 is 1.29 bits per heavy atom. The zero-order valence-electron chi connectivity index (χ0n) is 16.1. The molecule has 0 bridgehead atoms. The Bertz CT molecular complexity index is 992. The molecule has 1 aliphatic heterocycles. The topological polar surface area (TPSA) is 77.8 Å². The molecule has 0 atom stereocenters. The predicted molar refractivity (Wildman–Crippen MR) is 106 cm³/mol. The van der Waals surface area contributed by atoms with Crippen molar-refractivity contribution >= 4 is 17.2 Å². The first-order valence-electron chi connectivity index (χ1n) is 9.62. The molecule has 7 heteroatoms. The molecular formula is C21H24N4O3. The average Bonchev–Trinajstić information content (AvgIpc) is 3.12. The van der Waals surface area contributed by atoms with E-state index in [9.17, 15) is 4.79 Å². The number of aryl methyl sites for hydroxylation is 1. The number of anilines is 1. The van der Waals surface area contributed by atoms with Gasteiger partial charge in [0.25, 0.3) is 5.91 Å². The van der Waals surface area contributed by atoms with Crippen molar-refractivity contribution in [2.75, 3.05) is 25.1 Å². The Balaban J connectivity index is 1.65. The van der Waals surface area contributed by atoms with Gasteiger partial charge >= 0.3 is 0 Å². The third-order valence-corrected chi connectivity index (χ3v) is 4.88. The highest BCUT2D eigenvalue weighted by molar-refractivity contribution is 6.03. The lowest BCUT2D eigenvalue weighted by atomic mass is 9.97. The lowest BCUT2D eigenvalue weighted by Gasteiger charge is -2.19. The molecule has 146 valence electrons. The van der Waals surface area contributed by atoms with Crippen molar-refractivity contribution in [2.24, 2.45) is 0 Å². The van der Waals surface area contributed by atoms with Gasteiger partial charge in [-0.3, -0.25) is 4.79 Å². The number of nitrogens with zero attached hydrogens (tertiary/aromatic N) is 3. The van der Waals surface area contributed by atoms with E-state index in [1.807, 2.05) is 48.8 Å². The van der Waals surface area contributed by atoms with Crippen molar-refractivity contribution < 1.29 is 14.3 Å². The second kappa shape index (κ2) is 7.98. The normalized spacial score (nSPS) is 14.9. The monoisotopic (exact) mass is 380 g/mol. The van der Waals surface area contributed by atoms with E-state index in [0.29, 0.717) is 29.7 Å². The van der Waals surface area contributed by atoms with Crippen LogP contribution in [0.25, 0.3) is 5.65 Å².